The van der Waals surface area contributed by atoms with Gasteiger partial charge in [-0.1, -0.05) is 12.2 Å². The van der Waals surface area contributed by atoms with Crippen molar-refractivity contribution in [2.75, 3.05) is 33.4 Å². The maximum Gasteiger partial charge on any atom is 0.248 e. The average molecular weight is 280 g/mol. The van der Waals surface area contributed by atoms with Crippen LogP contribution in [0.2, 0.25) is 0 Å². The summed E-state index contributed by atoms with van der Waals surface area (Å²) in [4.78, 5) is 2.59. The highest BCUT2D eigenvalue weighted by Crippen LogP contribution is 2.39. The zero-order valence-corrected chi connectivity index (χ0v) is 11.6. The van der Waals surface area contributed by atoms with Crippen molar-refractivity contribution >= 4 is 17.2 Å². The molecule has 6 heteroatoms. The van der Waals surface area contributed by atoms with Crippen LogP contribution in [0.25, 0.3) is 0 Å². The van der Waals surface area contributed by atoms with Gasteiger partial charge in [-0.25, -0.2) is 8.78 Å². The molecule has 2 N–H and O–H groups in total. The largest absolute Gasteiger partial charge is 0.393 e. The number of ether oxygens (including phenoxy) is 1. The molecule has 1 aliphatic carbocycles. The Morgan fingerprint density at radius 2 is 2.22 bits per heavy atom. The fraction of sp³-hybridized carbons (Fsp3) is 0.917. The predicted octanol–water partition coefficient (Wildman–Crippen LogP) is 2.05. The minimum Gasteiger partial charge on any atom is -0.393 e. The summed E-state index contributed by atoms with van der Waals surface area (Å²) in [5.41, 5.74) is 5.47. The normalized spacial score (nSPS) is 22.6. The smallest absolute Gasteiger partial charge is 0.248 e. The van der Waals surface area contributed by atoms with Crippen molar-refractivity contribution in [1.82, 2.24) is 4.90 Å². The number of rotatable bonds is 8. The zero-order valence-electron chi connectivity index (χ0n) is 10.8. The molecule has 1 atom stereocenters. The van der Waals surface area contributed by atoms with Gasteiger partial charge in [-0.05, 0) is 12.3 Å². The summed E-state index contributed by atoms with van der Waals surface area (Å²) < 4.78 is 31.3. The van der Waals surface area contributed by atoms with Gasteiger partial charge in [-0.2, -0.15) is 0 Å². The van der Waals surface area contributed by atoms with Crippen LogP contribution in [-0.2, 0) is 4.74 Å². The van der Waals surface area contributed by atoms with Crippen molar-refractivity contribution < 1.29 is 13.5 Å². The van der Waals surface area contributed by atoms with Crippen molar-refractivity contribution in [3.8, 4) is 0 Å². The van der Waals surface area contributed by atoms with E-state index in [0.717, 1.165) is 13.1 Å². The van der Waals surface area contributed by atoms with E-state index in [2.05, 4.69) is 4.90 Å². The predicted molar refractivity (Wildman–Crippen MR) is 72.0 cm³/mol. The summed E-state index contributed by atoms with van der Waals surface area (Å²) in [6, 6.07) is 0. The first-order valence-electron chi connectivity index (χ1n) is 6.30. The molecule has 1 aliphatic rings. The lowest BCUT2D eigenvalue weighted by molar-refractivity contribution is 0.00315. The summed E-state index contributed by atoms with van der Waals surface area (Å²) in [6.07, 6.45) is 1.25. The van der Waals surface area contributed by atoms with E-state index in [1.54, 1.807) is 7.11 Å². The molecule has 0 spiro atoms. The van der Waals surface area contributed by atoms with E-state index in [-0.39, 0.29) is 18.8 Å². The summed E-state index contributed by atoms with van der Waals surface area (Å²) in [5.74, 6) is -2.40. The first-order chi connectivity index (χ1) is 8.43. The maximum atomic E-state index is 13.1. The van der Waals surface area contributed by atoms with E-state index in [4.69, 9.17) is 22.7 Å². The Hall–Kier alpha value is -0.330. The molecule has 3 nitrogen and oxygen atoms in total. The molecule has 0 heterocycles. The Kier molecular flexibility index (Phi) is 6.38. The summed E-state index contributed by atoms with van der Waals surface area (Å²) in [6.45, 7) is 2.74. The molecular weight excluding hydrogens is 258 g/mol. The van der Waals surface area contributed by atoms with Crippen molar-refractivity contribution in [3.05, 3.63) is 0 Å². The van der Waals surface area contributed by atoms with Crippen molar-refractivity contribution in [3.63, 3.8) is 0 Å². The zero-order chi connectivity index (χ0) is 13.6. The van der Waals surface area contributed by atoms with E-state index >= 15 is 0 Å². The van der Waals surface area contributed by atoms with Crippen LogP contribution in [0.5, 0.6) is 0 Å². The van der Waals surface area contributed by atoms with Crippen LogP contribution in [0.1, 0.15) is 25.7 Å². The van der Waals surface area contributed by atoms with Gasteiger partial charge in [0.1, 0.15) is 0 Å². The van der Waals surface area contributed by atoms with E-state index in [1.165, 1.54) is 0 Å². The van der Waals surface area contributed by atoms with Gasteiger partial charge < -0.3 is 15.4 Å². The number of nitrogens with two attached hydrogens (primary N) is 1. The molecule has 1 rings (SSSR count). The first kappa shape index (κ1) is 15.7. The summed E-state index contributed by atoms with van der Waals surface area (Å²) >= 11 is 4.85. The van der Waals surface area contributed by atoms with E-state index in [1.807, 2.05) is 0 Å². The van der Waals surface area contributed by atoms with Crippen LogP contribution in [0.4, 0.5) is 8.78 Å². The highest BCUT2D eigenvalue weighted by molar-refractivity contribution is 7.80. The van der Waals surface area contributed by atoms with E-state index < -0.39 is 5.92 Å². The first-order valence-corrected chi connectivity index (χ1v) is 6.71. The molecule has 0 aromatic rings. The standard InChI is InChI=1S/C12H22F2N2OS/c1-17-7-6-16(5-3-11(15)18)9-10-2-4-12(13,14)8-10/h10H,2-9H2,1H3,(H2,15,18). The quantitative estimate of drug-likeness (QED) is 0.691. The molecule has 0 aromatic carbocycles. The number of hydrogen-bond donors (Lipinski definition) is 1. The topological polar surface area (TPSA) is 38.5 Å². The molecule has 1 unspecified atom stereocenters. The third-order valence-corrected chi connectivity index (χ3v) is 3.51. The second-order valence-electron chi connectivity index (χ2n) is 4.97. The lowest BCUT2D eigenvalue weighted by atomic mass is 10.1. The molecule has 0 radical (unpaired) electrons. The van der Waals surface area contributed by atoms with E-state index in [9.17, 15) is 8.78 Å². The number of methoxy groups -OCH3 is 1. The van der Waals surface area contributed by atoms with E-state index in [0.29, 0.717) is 31.0 Å². The van der Waals surface area contributed by atoms with Crippen molar-refractivity contribution in [2.45, 2.75) is 31.6 Å². The van der Waals surface area contributed by atoms with Crippen LogP contribution in [0.15, 0.2) is 0 Å². The number of alkyl halides is 2. The number of halogens is 2. The lowest BCUT2D eigenvalue weighted by Crippen LogP contribution is -2.34. The number of hydrogen-bond acceptors (Lipinski definition) is 3. The summed E-state index contributed by atoms with van der Waals surface area (Å²) in [5, 5.41) is 0. The number of nitrogens with zero attached hydrogens (tertiary/aromatic N) is 1. The molecule has 0 aliphatic heterocycles. The average Bonchev–Trinajstić information content (AvgIpc) is 2.62. The Bertz CT molecular complexity index is 277. The van der Waals surface area contributed by atoms with Gasteiger partial charge in [-0.3, -0.25) is 0 Å². The molecule has 0 bridgehead atoms. The highest BCUT2D eigenvalue weighted by Gasteiger charge is 2.39. The lowest BCUT2D eigenvalue weighted by Gasteiger charge is -2.25. The Morgan fingerprint density at radius 1 is 1.50 bits per heavy atom. The highest BCUT2D eigenvalue weighted by atomic mass is 32.1. The van der Waals surface area contributed by atoms with Gasteiger partial charge >= 0.3 is 0 Å². The molecule has 1 fully saturated rings. The fourth-order valence-corrected chi connectivity index (χ4v) is 2.44. The van der Waals surface area contributed by atoms with Gasteiger partial charge in [0.05, 0.1) is 11.6 Å². The Labute approximate surface area is 113 Å². The maximum absolute atomic E-state index is 13.1. The SMILES string of the molecule is COCCN(CCC(N)=S)CC1CCC(F)(F)C1. The minimum absolute atomic E-state index is 0.00353. The second kappa shape index (κ2) is 7.31. The third-order valence-electron chi connectivity index (χ3n) is 3.31. The molecular formula is C12H22F2N2OS. The van der Waals surface area contributed by atoms with Gasteiger partial charge in [0.25, 0.3) is 0 Å². The van der Waals surface area contributed by atoms with Gasteiger partial charge in [-0.15, -0.1) is 0 Å². The Morgan fingerprint density at radius 3 is 2.72 bits per heavy atom. The third kappa shape index (κ3) is 6.02. The van der Waals surface area contributed by atoms with Gasteiger partial charge in [0, 0.05) is 46.0 Å². The molecule has 1 saturated carbocycles. The Balaban J connectivity index is 2.37. The number of thiocarbonyl (C=S) groups is 1. The minimum atomic E-state index is -2.47. The molecule has 0 saturated heterocycles. The van der Waals surface area contributed by atoms with Gasteiger partial charge in [0.2, 0.25) is 5.92 Å². The molecule has 0 amide bonds. The van der Waals surface area contributed by atoms with Crippen molar-refractivity contribution in [2.24, 2.45) is 11.7 Å². The van der Waals surface area contributed by atoms with Crippen LogP contribution in [0, 0.1) is 5.92 Å². The van der Waals surface area contributed by atoms with Crippen molar-refractivity contribution in [1.29, 1.82) is 0 Å². The van der Waals surface area contributed by atoms with Gasteiger partial charge in [0.15, 0.2) is 0 Å². The van der Waals surface area contributed by atoms with Crippen LogP contribution < -0.4 is 5.73 Å². The molecule has 106 valence electrons. The monoisotopic (exact) mass is 280 g/mol. The summed E-state index contributed by atoms with van der Waals surface area (Å²) in [7, 11) is 1.63. The van der Waals surface area contributed by atoms with Crippen LogP contribution in [0.3, 0.4) is 0 Å². The van der Waals surface area contributed by atoms with Crippen LogP contribution >= 0.6 is 12.2 Å². The molecule has 0 aromatic heterocycles. The fourth-order valence-electron chi connectivity index (χ4n) is 2.35. The molecule has 18 heavy (non-hydrogen) atoms. The van der Waals surface area contributed by atoms with Crippen LogP contribution in [-0.4, -0.2) is 49.2 Å². The second-order valence-corrected chi connectivity index (χ2v) is 5.50.